The largest absolute Gasteiger partial charge is 0.345 e. The number of amides is 1. The molecule has 21 heavy (non-hydrogen) atoms. The summed E-state index contributed by atoms with van der Waals surface area (Å²) in [5, 5.41) is 3.17. The highest BCUT2D eigenvalue weighted by atomic mass is 16.1. The van der Waals surface area contributed by atoms with Crippen LogP contribution in [0.2, 0.25) is 0 Å². The van der Waals surface area contributed by atoms with Crippen LogP contribution in [0.5, 0.6) is 0 Å². The van der Waals surface area contributed by atoms with Gasteiger partial charge < -0.3 is 5.32 Å². The zero-order chi connectivity index (χ0) is 15.4. The molecule has 110 valence electrons. The smallest absolute Gasteiger partial charge is 0.252 e. The summed E-state index contributed by atoms with van der Waals surface area (Å²) >= 11 is 0. The van der Waals surface area contributed by atoms with Crippen molar-refractivity contribution in [2.75, 3.05) is 0 Å². The van der Waals surface area contributed by atoms with Gasteiger partial charge in [-0.25, -0.2) is 0 Å². The molecule has 0 bridgehead atoms. The topological polar surface area (TPSA) is 29.1 Å². The molecule has 1 N–H and O–H groups in total. The molecule has 1 atom stereocenters. The van der Waals surface area contributed by atoms with Crippen LogP contribution in [0.25, 0.3) is 0 Å². The second kappa shape index (κ2) is 6.57. The fourth-order valence-electron chi connectivity index (χ4n) is 2.59. The minimum Gasteiger partial charge on any atom is -0.345 e. The molecule has 1 amide bonds. The van der Waals surface area contributed by atoms with Crippen molar-refractivity contribution in [3.05, 3.63) is 70.3 Å². The third kappa shape index (κ3) is 3.52. The Morgan fingerprint density at radius 2 is 1.76 bits per heavy atom. The van der Waals surface area contributed by atoms with E-state index in [0.717, 1.165) is 23.1 Å². The van der Waals surface area contributed by atoms with Crippen molar-refractivity contribution in [2.45, 2.75) is 40.2 Å². The average Bonchev–Trinajstić information content (AvgIpc) is 2.48. The predicted molar refractivity (Wildman–Crippen MR) is 87.6 cm³/mol. The van der Waals surface area contributed by atoms with Gasteiger partial charge in [-0.05, 0) is 49.9 Å². The van der Waals surface area contributed by atoms with Gasteiger partial charge in [-0.3, -0.25) is 4.79 Å². The van der Waals surface area contributed by atoms with Crippen molar-refractivity contribution < 1.29 is 4.79 Å². The second-order valence-corrected chi connectivity index (χ2v) is 5.61. The van der Waals surface area contributed by atoms with Crippen LogP contribution in [0.1, 0.15) is 52.0 Å². The number of rotatable bonds is 4. The first-order valence-corrected chi connectivity index (χ1v) is 7.46. The van der Waals surface area contributed by atoms with E-state index in [0.29, 0.717) is 0 Å². The van der Waals surface area contributed by atoms with Gasteiger partial charge in [-0.15, -0.1) is 0 Å². The maximum Gasteiger partial charge on any atom is 0.252 e. The summed E-state index contributed by atoms with van der Waals surface area (Å²) in [4.78, 5) is 12.6. The number of aryl methyl sites for hydroxylation is 3. The van der Waals surface area contributed by atoms with E-state index < -0.39 is 0 Å². The van der Waals surface area contributed by atoms with Crippen LogP contribution < -0.4 is 5.32 Å². The second-order valence-electron chi connectivity index (χ2n) is 5.61. The minimum atomic E-state index is 0.00584. The van der Waals surface area contributed by atoms with Crippen LogP contribution in [0.15, 0.2) is 42.5 Å². The van der Waals surface area contributed by atoms with Gasteiger partial charge in [-0.1, -0.05) is 48.9 Å². The Morgan fingerprint density at radius 3 is 2.43 bits per heavy atom. The van der Waals surface area contributed by atoms with E-state index in [-0.39, 0.29) is 11.9 Å². The van der Waals surface area contributed by atoms with E-state index in [1.165, 1.54) is 11.1 Å². The van der Waals surface area contributed by atoms with Gasteiger partial charge in [0.2, 0.25) is 0 Å². The van der Waals surface area contributed by atoms with E-state index >= 15 is 0 Å². The van der Waals surface area contributed by atoms with Crippen LogP contribution in [0.4, 0.5) is 0 Å². The maximum absolute atomic E-state index is 12.6. The van der Waals surface area contributed by atoms with Gasteiger partial charge in [0.15, 0.2) is 0 Å². The molecule has 0 aromatic heterocycles. The van der Waals surface area contributed by atoms with Gasteiger partial charge in [0, 0.05) is 5.56 Å². The van der Waals surface area contributed by atoms with Crippen molar-refractivity contribution in [1.29, 1.82) is 0 Å². The third-order valence-electron chi connectivity index (χ3n) is 3.92. The van der Waals surface area contributed by atoms with Crippen molar-refractivity contribution >= 4 is 5.91 Å². The average molecular weight is 281 g/mol. The molecule has 2 heteroatoms. The molecule has 2 aromatic carbocycles. The lowest BCUT2D eigenvalue weighted by atomic mass is 9.98. The zero-order valence-corrected chi connectivity index (χ0v) is 13.2. The Bertz CT molecular complexity index is 646. The van der Waals surface area contributed by atoms with Gasteiger partial charge >= 0.3 is 0 Å². The first kappa shape index (κ1) is 15.3. The monoisotopic (exact) mass is 281 g/mol. The number of hydrogen-bond acceptors (Lipinski definition) is 1. The molecule has 0 fully saturated rings. The van der Waals surface area contributed by atoms with E-state index in [9.17, 15) is 4.79 Å². The molecule has 0 heterocycles. The molecule has 2 nitrogen and oxygen atoms in total. The Kier molecular flexibility index (Phi) is 4.79. The van der Waals surface area contributed by atoms with Gasteiger partial charge in [0.05, 0.1) is 6.04 Å². The Hall–Kier alpha value is -2.09. The molecular weight excluding hydrogens is 258 g/mol. The molecule has 0 aliphatic rings. The fraction of sp³-hybridized carbons (Fsp3) is 0.316. The Morgan fingerprint density at radius 1 is 1.05 bits per heavy atom. The molecular formula is C19H23NO. The molecule has 0 unspecified atom stereocenters. The van der Waals surface area contributed by atoms with Crippen molar-refractivity contribution in [3.8, 4) is 0 Å². The molecule has 0 aliphatic heterocycles. The Balaban J connectivity index is 2.25. The standard InChI is InChI=1S/C19H23NO/c1-5-18(16-9-7-6-8-14(16)3)20-19(21)17-12-13(2)10-11-15(17)4/h6-12,18H,5H2,1-4H3,(H,20,21)/t18-/m1/s1. The number of carbonyl (C=O) groups excluding carboxylic acids is 1. The highest BCUT2D eigenvalue weighted by molar-refractivity contribution is 5.96. The molecule has 2 rings (SSSR count). The van der Waals surface area contributed by atoms with Gasteiger partial charge in [0.25, 0.3) is 5.91 Å². The van der Waals surface area contributed by atoms with E-state index in [4.69, 9.17) is 0 Å². The molecule has 0 aliphatic carbocycles. The summed E-state index contributed by atoms with van der Waals surface area (Å²) in [5.41, 5.74) is 5.29. The highest BCUT2D eigenvalue weighted by Gasteiger charge is 2.16. The minimum absolute atomic E-state index is 0.00584. The number of nitrogens with one attached hydrogen (secondary N) is 1. The van der Waals surface area contributed by atoms with Crippen LogP contribution in [-0.4, -0.2) is 5.91 Å². The SMILES string of the molecule is CC[C@@H](NC(=O)c1cc(C)ccc1C)c1ccccc1C. The summed E-state index contributed by atoms with van der Waals surface area (Å²) in [6, 6.07) is 14.3. The summed E-state index contributed by atoms with van der Waals surface area (Å²) < 4.78 is 0. The van der Waals surface area contributed by atoms with Crippen LogP contribution in [0.3, 0.4) is 0 Å². The molecule has 2 aromatic rings. The highest BCUT2D eigenvalue weighted by Crippen LogP contribution is 2.21. The number of carbonyl (C=O) groups is 1. The van der Waals surface area contributed by atoms with Crippen LogP contribution in [0, 0.1) is 20.8 Å². The molecule has 0 saturated carbocycles. The number of benzene rings is 2. The van der Waals surface area contributed by atoms with E-state index in [2.05, 4.69) is 31.3 Å². The van der Waals surface area contributed by atoms with Gasteiger partial charge in [-0.2, -0.15) is 0 Å². The third-order valence-corrected chi connectivity index (χ3v) is 3.92. The summed E-state index contributed by atoms with van der Waals surface area (Å²) in [6.07, 6.45) is 0.876. The van der Waals surface area contributed by atoms with E-state index in [1.807, 2.05) is 44.2 Å². The summed E-state index contributed by atoms with van der Waals surface area (Å²) in [7, 11) is 0. The zero-order valence-electron chi connectivity index (χ0n) is 13.2. The maximum atomic E-state index is 12.6. The fourth-order valence-corrected chi connectivity index (χ4v) is 2.59. The van der Waals surface area contributed by atoms with Crippen molar-refractivity contribution in [3.63, 3.8) is 0 Å². The lowest BCUT2D eigenvalue weighted by Crippen LogP contribution is -2.29. The Labute approximate surface area is 127 Å². The first-order valence-electron chi connectivity index (χ1n) is 7.46. The van der Waals surface area contributed by atoms with Crippen molar-refractivity contribution in [2.24, 2.45) is 0 Å². The van der Waals surface area contributed by atoms with Gasteiger partial charge in [0.1, 0.15) is 0 Å². The quantitative estimate of drug-likeness (QED) is 0.878. The van der Waals surface area contributed by atoms with Crippen molar-refractivity contribution in [1.82, 2.24) is 5.32 Å². The molecule has 0 radical (unpaired) electrons. The number of hydrogen-bond donors (Lipinski definition) is 1. The lowest BCUT2D eigenvalue weighted by molar-refractivity contribution is 0.0935. The first-order chi connectivity index (χ1) is 10.0. The summed E-state index contributed by atoms with van der Waals surface area (Å²) in [5.74, 6) is 0.00584. The van der Waals surface area contributed by atoms with Crippen LogP contribution in [-0.2, 0) is 0 Å². The molecule has 0 saturated heterocycles. The lowest BCUT2D eigenvalue weighted by Gasteiger charge is -2.20. The predicted octanol–water partition coefficient (Wildman–Crippen LogP) is 4.49. The summed E-state index contributed by atoms with van der Waals surface area (Å²) in [6.45, 7) is 8.17. The van der Waals surface area contributed by atoms with Crippen LogP contribution >= 0.6 is 0 Å². The van der Waals surface area contributed by atoms with E-state index in [1.54, 1.807) is 0 Å². The normalized spacial score (nSPS) is 12.0. The molecule has 0 spiro atoms.